The molecule has 0 aliphatic heterocycles. The number of allylic oxidation sites excluding steroid dienone is 8. The predicted molar refractivity (Wildman–Crippen MR) is 268 cm³/mol. The van der Waals surface area contributed by atoms with Crippen molar-refractivity contribution in [3.8, 4) is 0 Å². The molecule has 0 atom stereocenters. The number of nitrogens with one attached hydrogen (secondary N) is 1. The van der Waals surface area contributed by atoms with Crippen LogP contribution in [-0.2, 0) is 0 Å². The second-order valence-corrected chi connectivity index (χ2v) is 16.9. The van der Waals surface area contributed by atoms with Crippen molar-refractivity contribution >= 4 is 56.8 Å². The number of benzene rings is 6. The molecule has 2 aliphatic carbocycles. The highest BCUT2D eigenvalue weighted by Crippen LogP contribution is 2.38. The minimum absolute atomic E-state index is 0.521. The maximum absolute atomic E-state index is 6.55. The fourth-order valence-electron chi connectivity index (χ4n) is 7.74. The number of hydrogen-bond acceptors (Lipinski definition) is 2. The molecule has 4 nitrogen and oxygen atoms in total. The number of hydrogen-bond donors (Lipinski definition) is 1. The minimum Gasteiger partial charge on any atom is -0.378 e. The van der Waals surface area contributed by atoms with Gasteiger partial charge in [0.05, 0.1) is 5.56 Å². The van der Waals surface area contributed by atoms with Crippen LogP contribution in [-0.4, -0.2) is 58.3 Å². The normalized spacial score (nSPS) is 13.5. The monoisotopic (exact) mass is 832 g/mol. The first-order valence-electron chi connectivity index (χ1n) is 21.2. The number of halogens is 1. The standard InChI is InChI=1S/C33H31N3.C24H25ClN/c1-35(2)27-18-14-24(15-19-27)33(25-16-20-28(21-17-25)36(3)4)31-22-23-32(30-13-9-8-12-29(30)31)34-26-10-6-5-7-11-26;1-17(2)18-9-11-19(12-10-18)24(22-7-5-6-8-23(22)25)20-13-15-21(16-14-20)26(3)4/h5-23H,1-4H3;5-17H,1-4H3/q;+1/p+1. The van der Waals surface area contributed by atoms with Gasteiger partial charge in [-0.05, 0) is 111 Å². The van der Waals surface area contributed by atoms with E-state index in [4.69, 9.17) is 11.6 Å². The van der Waals surface area contributed by atoms with E-state index < -0.39 is 0 Å². The third kappa shape index (κ3) is 10.1. The molecule has 0 bridgehead atoms. The highest BCUT2D eigenvalue weighted by molar-refractivity contribution is 6.32. The Hall–Kier alpha value is -6.75. The van der Waals surface area contributed by atoms with Gasteiger partial charge in [-0.25, -0.2) is 9.57 Å². The lowest BCUT2D eigenvalue weighted by molar-refractivity contribution is -0.462. The second kappa shape index (κ2) is 19.8. The summed E-state index contributed by atoms with van der Waals surface area (Å²) in [5.41, 5.74) is 18.9. The third-order valence-electron chi connectivity index (χ3n) is 11.3. The first kappa shape index (κ1) is 43.3. The fourth-order valence-corrected chi connectivity index (χ4v) is 7.97. The van der Waals surface area contributed by atoms with Crippen molar-refractivity contribution in [3.05, 3.63) is 238 Å². The Morgan fingerprint density at radius 1 is 0.516 bits per heavy atom. The Kier molecular flexibility index (Phi) is 13.8. The number of anilines is 2. The van der Waals surface area contributed by atoms with Crippen LogP contribution in [0.3, 0.4) is 0 Å². The van der Waals surface area contributed by atoms with Crippen LogP contribution in [0.5, 0.6) is 0 Å². The Labute approximate surface area is 374 Å². The first-order valence-corrected chi connectivity index (χ1v) is 21.6. The van der Waals surface area contributed by atoms with Gasteiger partial charge in [-0.3, -0.25) is 0 Å². The molecule has 62 heavy (non-hydrogen) atoms. The van der Waals surface area contributed by atoms with Crippen LogP contribution in [0.15, 0.2) is 194 Å². The summed E-state index contributed by atoms with van der Waals surface area (Å²) in [5, 5.41) is 0.770. The Morgan fingerprint density at radius 2 is 1.02 bits per heavy atom. The molecule has 0 saturated carbocycles. The molecule has 0 saturated heterocycles. The van der Waals surface area contributed by atoms with Crippen LogP contribution in [0.4, 0.5) is 17.1 Å². The molecule has 6 aromatic carbocycles. The molecule has 310 valence electrons. The molecule has 2 aliphatic rings. The molecule has 0 unspecified atom stereocenters. The van der Waals surface area contributed by atoms with E-state index in [1.165, 1.54) is 67.2 Å². The summed E-state index contributed by atoms with van der Waals surface area (Å²) in [4.78, 5) is 7.88. The van der Waals surface area contributed by atoms with E-state index in [9.17, 15) is 0 Å². The molecule has 6 aromatic rings. The van der Waals surface area contributed by atoms with Crippen molar-refractivity contribution in [2.45, 2.75) is 19.8 Å². The zero-order valence-corrected chi connectivity index (χ0v) is 38.0. The summed E-state index contributed by atoms with van der Waals surface area (Å²) in [5.74, 6) is 0.521. The number of nitrogens with zero attached hydrogens (tertiary/aromatic N) is 3. The van der Waals surface area contributed by atoms with Gasteiger partial charge in [0.25, 0.3) is 0 Å². The van der Waals surface area contributed by atoms with Crippen LogP contribution in [0.1, 0.15) is 58.7 Å². The molecule has 0 fully saturated rings. The zero-order chi connectivity index (χ0) is 43.8. The van der Waals surface area contributed by atoms with Gasteiger partial charge >= 0.3 is 0 Å². The van der Waals surface area contributed by atoms with Gasteiger partial charge < -0.3 is 9.80 Å². The summed E-state index contributed by atoms with van der Waals surface area (Å²) in [7, 11) is 12.4. The lowest BCUT2D eigenvalue weighted by Crippen LogP contribution is -2.66. The molecular formula is C57H57ClN4+2. The smallest absolute Gasteiger partial charge is 0.211 e. The zero-order valence-electron chi connectivity index (χ0n) is 37.2. The Bertz CT molecular complexity index is 2670. The van der Waals surface area contributed by atoms with E-state index >= 15 is 0 Å². The molecule has 0 heterocycles. The first-order chi connectivity index (χ1) is 30.0. The van der Waals surface area contributed by atoms with Crippen molar-refractivity contribution < 1.29 is 9.57 Å². The van der Waals surface area contributed by atoms with E-state index in [0.717, 1.165) is 27.6 Å². The van der Waals surface area contributed by atoms with Crippen molar-refractivity contribution in [1.82, 2.24) is 0 Å². The fraction of sp³-hybridized carbons (Fsp3) is 0.158. The predicted octanol–water partition coefficient (Wildman–Crippen LogP) is 11.7. The molecule has 1 N–H and O–H groups in total. The van der Waals surface area contributed by atoms with Gasteiger partial charge in [0, 0.05) is 80.5 Å². The Morgan fingerprint density at radius 3 is 1.55 bits per heavy atom. The maximum atomic E-state index is 6.55. The van der Waals surface area contributed by atoms with Crippen molar-refractivity contribution in [3.63, 3.8) is 0 Å². The average Bonchev–Trinajstić information content (AvgIpc) is 3.29. The van der Waals surface area contributed by atoms with E-state index in [2.05, 4.69) is 239 Å². The maximum Gasteiger partial charge on any atom is 0.211 e. The van der Waals surface area contributed by atoms with Gasteiger partial charge in [0.15, 0.2) is 5.71 Å². The number of rotatable bonds is 8. The summed E-state index contributed by atoms with van der Waals surface area (Å²) in [6.07, 6.45) is 13.1. The van der Waals surface area contributed by atoms with Crippen LogP contribution in [0.2, 0.25) is 5.02 Å². The van der Waals surface area contributed by atoms with Gasteiger partial charge in [-0.1, -0.05) is 129 Å². The average molecular weight is 834 g/mol. The van der Waals surface area contributed by atoms with Gasteiger partial charge in [-0.2, -0.15) is 0 Å². The minimum atomic E-state index is 0.521. The number of fused-ring (bicyclic) bond motifs is 1. The molecule has 0 spiro atoms. The highest BCUT2D eigenvalue weighted by atomic mass is 35.5. The quantitative estimate of drug-likeness (QED) is 0.154. The highest BCUT2D eigenvalue weighted by Gasteiger charge is 2.23. The second-order valence-electron chi connectivity index (χ2n) is 16.5. The van der Waals surface area contributed by atoms with Crippen molar-refractivity contribution in [1.29, 1.82) is 0 Å². The topological polar surface area (TPSA) is 23.5 Å². The van der Waals surface area contributed by atoms with Gasteiger partial charge in [-0.15, -0.1) is 0 Å². The van der Waals surface area contributed by atoms with Gasteiger partial charge in [0.1, 0.15) is 14.1 Å². The summed E-state index contributed by atoms with van der Waals surface area (Å²) < 4.78 is 2.11. The Balaban J connectivity index is 0.000000197. The molecule has 8 rings (SSSR count). The molecule has 0 aromatic heterocycles. The molecule has 0 radical (unpaired) electrons. The van der Waals surface area contributed by atoms with Gasteiger partial charge in [0.2, 0.25) is 11.4 Å². The van der Waals surface area contributed by atoms with Crippen molar-refractivity contribution in [2.24, 2.45) is 0 Å². The number of para-hydroxylation sites is 1. The SMILES string of the molecule is CC(C)c1ccc(C(=C2C=CC(=[N+](C)C)C=C2)c2ccccc2Cl)cc1.CN(C)c1ccc(C(=C2C=CC(=[NH+]c3ccccc3)c3ccccc32)c2ccc(N(C)C)cc2)cc1. The van der Waals surface area contributed by atoms with E-state index in [1.807, 2.05) is 24.3 Å². The van der Waals surface area contributed by atoms with Crippen LogP contribution >= 0.6 is 11.6 Å². The summed E-state index contributed by atoms with van der Waals surface area (Å²) in [6, 6.07) is 53.6. The lowest BCUT2D eigenvalue weighted by Gasteiger charge is -2.21. The molecule has 0 amide bonds. The van der Waals surface area contributed by atoms with E-state index in [-0.39, 0.29) is 0 Å². The van der Waals surface area contributed by atoms with Crippen molar-refractivity contribution in [2.75, 3.05) is 52.1 Å². The van der Waals surface area contributed by atoms with Crippen LogP contribution < -0.4 is 14.8 Å². The molecule has 5 heteroatoms. The lowest BCUT2D eigenvalue weighted by atomic mass is 9.83. The largest absolute Gasteiger partial charge is 0.378 e. The van der Waals surface area contributed by atoms with E-state index in [1.54, 1.807) is 0 Å². The van der Waals surface area contributed by atoms with Crippen LogP contribution in [0, 0.1) is 0 Å². The van der Waals surface area contributed by atoms with E-state index in [0.29, 0.717) is 5.92 Å². The molecular weight excluding hydrogens is 776 g/mol. The van der Waals surface area contributed by atoms with Crippen LogP contribution in [0.25, 0.3) is 16.7 Å². The summed E-state index contributed by atoms with van der Waals surface area (Å²) in [6.45, 7) is 4.43. The summed E-state index contributed by atoms with van der Waals surface area (Å²) >= 11 is 6.55. The third-order valence-corrected chi connectivity index (χ3v) is 11.6.